The lowest BCUT2D eigenvalue weighted by Gasteiger charge is -2.45. The number of fused-ring (bicyclic) bond motifs is 3. The Hall–Kier alpha value is -5.31. The predicted molar refractivity (Wildman–Crippen MR) is 224 cm³/mol. The van der Waals surface area contributed by atoms with Crippen LogP contribution in [0.3, 0.4) is 0 Å². The lowest BCUT2D eigenvalue weighted by molar-refractivity contribution is -0.111. The predicted octanol–water partition coefficient (Wildman–Crippen LogP) is 5.28. The Bertz CT molecular complexity index is 2340. The average Bonchev–Trinajstić information content (AvgIpc) is 3.95. The quantitative estimate of drug-likeness (QED) is 0.181. The van der Waals surface area contributed by atoms with Gasteiger partial charge in [0.2, 0.25) is 5.91 Å². The van der Waals surface area contributed by atoms with Gasteiger partial charge in [0.25, 0.3) is 11.5 Å². The van der Waals surface area contributed by atoms with Gasteiger partial charge in [-0.3, -0.25) is 24.2 Å². The summed E-state index contributed by atoms with van der Waals surface area (Å²) in [5.41, 5.74) is 6.64. The molecule has 3 aromatic heterocycles. The fourth-order valence-electron chi connectivity index (χ4n) is 9.58. The van der Waals surface area contributed by atoms with Crippen LogP contribution in [-0.2, 0) is 35.5 Å². The lowest BCUT2D eigenvalue weighted by atomic mass is 9.90. The molecule has 5 aliphatic rings. The molecule has 3 fully saturated rings. The van der Waals surface area contributed by atoms with Gasteiger partial charge in [-0.05, 0) is 92.8 Å². The maximum atomic E-state index is 14.1. The van der Waals surface area contributed by atoms with Gasteiger partial charge in [-0.15, -0.1) is 0 Å². The van der Waals surface area contributed by atoms with Gasteiger partial charge >= 0.3 is 0 Å². The Kier molecular flexibility index (Phi) is 9.97. The standard InChI is InChI=1S/C44H53N9O5/c1-5-39(55)47-34-21-29(6-9-36(34)50-15-14-49(24-27(50)2)30-11-18-58-19-12-30)46-40-43(57)53(31-7-8-31)25-35(48-40)32-10-13-45-41(33(32)26-54)52-17-16-51-37(42(52)56)20-28-22-44(3,4)23-38(28)51/h5-6,9-10,13,20-21,25,27,30-31,54H,1,7-8,11-12,14-19,22-24,26H2,2-4H3,(H,46,48)(H,47,55)/t27-/m0/s1. The van der Waals surface area contributed by atoms with E-state index in [0.717, 1.165) is 77.1 Å². The summed E-state index contributed by atoms with van der Waals surface area (Å²) in [6, 6.07) is 10.3. The maximum Gasteiger partial charge on any atom is 0.293 e. The number of piperazine rings is 1. The molecule has 0 radical (unpaired) electrons. The van der Waals surface area contributed by atoms with Gasteiger partial charge in [0.1, 0.15) is 11.5 Å². The Morgan fingerprint density at radius 1 is 1.03 bits per heavy atom. The van der Waals surface area contributed by atoms with Crippen LogP contribution >= 0.6 is 0 Å². The van der Waals surface area contributed by atoms with Gasteiger partial charge in [-0.2, -0.15) is 0 Å². The summed E-state index contributed by atoms with van der Waals surface area (Å²) in [5, 5.41) is 17.2. The highest BCUT2D eigenvalue weighted by molar-refractivity contribution is 6.06. The van der Waals surface area contributed by atoms with Crippen LogP contribution in [0.2, 0.25) is 0 Å². The van der Waals surface area contributed by atoms with Crippen molar-refractivity contribution in [2.45, 2.75) is 90.6 Å². The SMILES string of the molecule is C=CC(=O)Nc1cc(Nc2nc(-c3ccnc(N4CCn5c(cc6c5CC(C)(C)C6)C4=O)c3CO)cn(C3CC3)c2=O)ccc1N1CCN(C2CCOCC2)C[C@@H]1C. The Labute approximate surface area is 338 Å². The Morgan fingerprint density at radius 3 is 2.59 bits per heavy atom. The van der Waals surface area contributed by atoms with Crippen molar-refractivity contribution in [3.63, 3.8) is 0 Å². The van der Waals surface area contributed by atoms with E-state index in [-0.39, 0.29) is 47.3 Å². The molecule has 58 heavy (non-hydrogen) atoms. The van der Waals surface area contributed by atoms with E-state index in [1.54, 1.807) is 27.9 Å². The largest absolute Gasteiger partial charge is 0.392 e. The minimum absolute atomic E-state index is 0.0307. The normalized spacial score (nSPS) is 20.8. The molecule has 4 aromatic rings. The van der Waals surface area contributed by atoms with Crippen molar-refractivity contribution in [3.05, 3.63) is 88.2 Å². The first-order chi connectivity index (χ1) is 28.0. The minimum atomic E-state index is -0.378. The van der Waals surface area contributed by atoms with Crippen molar-refractivity contribution in [1.82, 2.24) is 24.0 Å². The Balaban J connectivity index is 1.02. The van der Waals surface area contributed by atoms with E-state index in [9.17, 15) is 19.5 Å². The van der Waals surface area contributed by atoms with E-state index in [1.165, 1.54) is 17.3 Å². The summed E-state index contributed by atoms with van der Waals surface area (Å²) in [6.45, 7) is 15.3. The number of anilines is 5. The first kappa shape index (κ1) is 38.2. The number of hydrogen-bond acceptors (Lipinski definition) is 10. The number of nitrogens with zero attached hydrogens (tertiary/aromatic N) is 7. The van der Waals surface area contributed by atoms with Crippen molar-refractivity contribution in [1.29, 1.82) is 0 Å². The van der Waals surface area contributed by atoms with Gasteiger partial charge in [-0.1, -0.05) is 20.4 Å². The van der Waals surface area contributed by atoms with E-state index in [0.29, 0.717) is 58.8 Å². The molecular weight excluding hydrogens is 735 g/mol. The van der Waals surface area contributed by atoms with Crippen LogP contribution in [0.5, 0.6) is 0 Å². The third kappa shape index (κ3) is 7.11. The molecule has 3 N–H and O–H groups in total. The van der Waals surface area contributed by atoms with E-state index in [4.69, 9.17) is 9.72 Å². The van der Waals surface area contributed by atoms with Crippen molar-refractivity contribution < 1.29 is 19.4 Å². The van der Waals surface area contributed by atoms with Crippen LogP contribution in [0, 0.1) is 5.41 Å². The summed E-state index contributed by atoms with van der Waals surface area (Å²) in [6.07, 6.45) is 10.3. The van der Waals surface area contributed by atoms with Crippen LogP contribution in [-0.4, -0.2) is 92.4 Å². The zero-order valence-corrected chi connectivity index (χ0v) is 33.7. The fourth-order valence-corrected chi connectivity index (χ4v) is 9.58. The summed E-state index contributed by atoms with van der Waals surface area (Å²) in [4.78, 5) is 56.9. The molecule has 1 aromatic carbocycles. The number of aromatic nitrogens is 4. The highest BCUT2D eigenvalue weighted by Crippen LogP contribution is 2.41. The molecule has 14 heteroatoms. The summed E-state index contributed by atoms with van der Waals surface area (Å²) < 4.78 is 9.47. The van der Waals surface area contributed by atoms with Crippen LogP contribution in [0.15, 0.2) is 60.2 Å². The molecule has 1 atom stereocenters. The number of ether oxygens (including phenoxy) is 1. The summed E-state index contributed by atoms with van der Waals surface area (Å²) in [7, 11) is 0. The van der Waals surface area contributed by atoms with E-state index in [1.807, 2.05) is 24.3 Å². The number of benzene rings is 1. The number of aliphatic hydroxyl groups excluding tert-OH is 1. The molecule has 2 saturated heterocycles. The number of rotatable bonds is 10. The maximum absolute atomic E-state index is 14.1. The van der Waals surface area contributed by atoms with E-state index in [2.05, 4.69) is 57.3 Å². The molecular formula is C44H53N9O5. The molecule has 2 amide bonds. The highest BCUT2D eigenvalue weighted by Gasteiger charge is 2.38. The molecule has 0 bridgehead atoms. The van der Waals surface area contributed by atoms with E-state index >= 15 is 0 Å². The average molecular weight is 788 g/mol. The number of hydrogen-bond donors (Lipinski definition) is 3. The second-order valence-corrected chi connectivity index (χ2v) is 17.3. The Morgan fingerprint density at radius 2 is 1.84 bits per heavy atom. The van der Waals surface area contributed by atoms with Crippen LogP contribution in [0.4, 0.5) is 28.7 Å². The first-order valence-electron chi connectivity index (χ1n) is 20.7. The molecule has 0 spiro atoms. The third-order valence-electron chi connectivity index (χ3n) is 12.6. The number of carbonyl (C=O) groups is 2. The molecule has 0 unspecified atom stereocenters. The number of nitrogens with one attached hydrogen (secondary N) is 2. The topological polar surface area (TPSA) is 150 Å². The van der Waals surface area contributed by atoms with Gasteiger partial charge in [0.05, 0.1) is 23.7 Å². The van der Waals surface area contributed by atoms with Gasteiger partial charge in [0, 0.05) is 99.0 Å². The molecule has 2 aliphatic carbocycles. The second-order valence-electron chi connectivity index (χ2n) is 17.3. The number of carbonyl (C=O) groups excluding carboxylic acids is 2. The number of amides is 2. The van der Waals surface area contributed by atoms with Crippen molar-refractivity contribution in [3.8, 4) is 11.3 Å². The van der Waals surface area contributed by atoms with Crippen molar-refractivity contribution in [2.24, 2.45) is 5.41 Å². The third-order valence-corrected chi connectivity index (χ3v) is 12.6. The summed E-state index contributed by atoms with van der Waals surface area (Å²) >= 11 is 0. The van der Waals surface area contributed by atoms with Crippen molar-refractivity contribution >= 4 is 40.5 Å². The molecule has 304 valence electrons. The first-order valence-corrected chi connectivity index (χ1v) is 20.7. The lowest BCUT2D eigenvalue weighted by Crippen LogP contribution is -2.56. The molecule has 1 saturated carbocycles. The highest BCUT2D eigenvalue weighted by atomic mass is 16.5. The van der Waals surface area contributed by atoms with Gasteiger partial charge in [0.15, 0.2) is 5.82 Å². The zero-order valence-electron chi connectivity index (χ0n) is 33.7. The number of aliphatic hydroxyl groups is 1. The van der Waals surface area contributed by atoms with Crippen LogP contribution in [0.25, 0.3) is 11.3 Å². The minimum Gasteiger partial charge on any atom is -0.392 e. The fraction of sp³-hybridized carbons (Fsp3) is 0.477. The summed E-state index contributed by atoms with van der Waals surface area (Å²) in [5.74, 6) is 0.0265. The van der Waals surface area contributed by atoms with E-state index < -0.39 is 0 Å². The van der Waals surface area contributed by atoms with Crippen molar-refractivity contribution in [2.75, 3.05) is 59.8 Å². The van der Waals surface area contributed by atoms with Crippen LogP contribution < -0.4 is 26.0 Å². The second kappa shape index (κ2) is 15.1. The monoisotopic (exact) mass is 787 g/mol. The zero-order chi connectivity index (χ0) is 40.3. The van der Waals surface area contributed by atoms with Crippen LogP contribution in [0.1, 0.15) is 79.8 Å². The molecule has 3 aliphatic heterocycles. The molecule has 6 heterocycles. The number of pyridine rings is 1. The molecule has 9 rings (SSSR count). The van der Waals surface area contributed by atoms with Gasteiger partial charge < -0.3 is 34.5 Å². The smallest absolute Gasteiger partial charge is 0.293 e. The molecule has 14 nitrogen and oxygen atoms in total. The van der Waals surface area contributed by atoms with Gasteiger partial charge in [-0.25, -0.2) is 9.97 Å².